The fourth-order valence-corrected chi connectivity index (χ4v) is 2.34. The van der Waals surface area contributed by atoms with E-state index in [4.69, 9.17) is 0 Å². The van der Waals surface area contributed by atoms with Crippen LogP contribution < -0.4 is 5.32 Å². The number of fused-ring (bicyclic) bond motifs is 1. The van der Waals surface area contributed by atoms with E-state index in [0.717, 1.165) is 22.7 Å². The van der Waals surface area contributed by atoms with Crippen LogP contribution in [-0.4, -0.2) is 15.2 Å². The predicted molar refractivity (Wildman–Crippen MR) is 77.0 cm³/mol. The number of aryl methyl sites for hydroxylation is 2. The minimum Gasteiger partial charge on any atom is -0.364 e. The lowest BCUT2D eigenvalue weighted by Gasteiger charge is -2.06. The fraction of sp³-hybridized carbons (Fsp3) is 0.200. The van der Waals surface area contributed by atoms with Gasteiger partial charge in [-0.25, -0.2) is 13.8 Å². The zero-order valence-corrected chi connectivity index (χ0v) is 11.7. The van der Waals surface area contributed by atoms with E-state index in [1.165, 1.54) is 12.1 Å². The van der Waals surface area contributed by atoms with Crippen LogP contribution in [0, 0.1) is 25.5 Å². The predicted octanol–water partition coefficient (Wildman–Crippen LogP) is 3.47. The van der Waals surface area contributed by atoms with E-state index in [0.29, 0.717) is 23.6 Å². The largest absolute Gasteiger partial charge is 0.364 e. The van der Waals surface area contributed by atoms with Crippen LogP contribution in [-0.2, 0) is 6.54 Å². The van der Waals surface area contributed by atoms with Gasteiger partial charge < -0.3 is 5.32 Å². The van der Waals surface area contributed by atoms with Crippen LogP contribution in [0.5, 0.6) is 0 Å². The second-order valence-corrected chi connectivity index (χ2v) is 4.98. The summed E-state index contributed by atoms with van der Waals surface area (Å²) in [6.45, 7) is 4.25. The van der Waals surface area contributed by atoms with Crippen LogP contribution in [0.15, 0.2) is 24.3 Å². The highest BCUT2D eigenvalue weighted by molar-refractivity contribution is 5.90. The molecule has 0 spiro atoms. The number of halogens is 2. The topological polar surface area (TPSA) is 53.6 Å². The Labute approximate surface area is 120 Å². The van der Waals surface area contributed by atoms with Crippen molar-refractivity contribution in [2.75, 3.05) is 5.32 Å². The van der Waals surface area contributed by atoms with Crippen molar-refractivity contribution in [3.05, 3.63) is 52.7 Å². The Kier molecular flexibility index (Phi) is 3.29. The molecule has 0 radical (unpaired) electrons. The van der Waals surface area contributed by atoms with Crippen molar-refractivity contribution in [2.45, 2.75) is 20.4 Å². The van der Waals surface area contributed by atoms with Gasteiger partial charge in [0, 0.05) is 12.2 Å². The molecule has 2 heterocycles. The first-order valence-corrected chi connectivity index (χ1v) is 6.54. The Morgan fingerprint density at radius 3 is 2.71 bits per heavy atom. The molecule has 1 aromatic carbocycles. The van der Waals surface area contributed by atoms with Gasteiger partial charge in [0.1, 0.15) is 0 Å². The van der Waals surface area contributed by atoms with Crippen LogP contribution in [0.3, 0.4) is 0 Å². The molecule has 0 aliphatic heterocycles. The van der Waals surface area contributed by atoms with Gasteiger partial charge in [0.25, 0.3) is 0 Å². The lowest BCUT2D eigenvalue weighted by atomic mass is 10.1. The Balaban J connectivity index is 1.87. The lowest BCUT2D eigenvalue weighted by Crippen LogP contribution is -2.01. The highest BCUT2D eigenvalue weighted by Crippen LogP contribution is 2.24. The number of hydrogen-bond acceptors (Lipinski definition) is 3. The number of hydrogen-bond donors (Lipinski definition) is 2. The Morgan fingerprint density at radius 1 is 1.14 bits per heavy atom. The second kappa shape index (κ2) is 5.12. The van der Waals surface area contributed by atoms with Crippen LogP contribution in [0.25, 0.3) is 11.0 Å². The summed E-state index contributed by atoms with van der Waals surface area (Å²) in [4.78, 5) is 4.37. The third-order valence-electron chi connectivity index (χ3n) is 3.30. The van der Waals surface area contributed by atoms with Gasteiger partial charge in [0.05, 0.1) is 5.39 Å². The number of aromatic amines is 1. The first-order chi connectivity index (χ1) is 10.0. The van der Waals surface area contributed by atoms with Crippen molar-refractivity contribution in [1.82, 2.24) is 15.2 Å². The molecule has 0 atom stereocenters. The van der Waals surface area contributed by atoms with E-state index in [9.17, 15) is 8.78 Å². The smallest absolute Gasteiger partial charge is 0.159 e. The third-order valence-corrected chi connectivity index (χ3v) is 3.30. The molecule has 0 unspecified atom stereocenters. The molecule has 21 heavy (non-hydrogen) atoms. The van der Waals surface area contributed by atoms with Crippen molar-refractivity contribution < 1.29 is 8.78 Å². The number of anilines is 1. The molecule has 6 heteroatoms. The zero-order valence-electron chi connectivity index (χ0n) is 11.7. The minimum absolute atomic E-state index is 0.352. The molecule has 0 saturated heterocycles. The molecule has 108 valence electrons. The number of aromatic nitrogens is 3. The van der Waals surface area contributed by atoms with Gasteiger partial charge in [0.2, 0.25) is 0 Å². The van der Waals surface area contributed by atoms with Crippen LogP contribution in [0.4, 0.5) is 14.6 Å². The number of pyridine rings is 1. The van der Waals surface area contributed by atoms with Crippen LogP contribution >= 0.6 is 0 Å². The van der Waals surface area contributed by atoms with E-state index in [2.05, 4.69) is 20.5 Å². The first kappa shape index (κ1) is 13.5. The second-order valence-electron chi connectivity index (χ2n) is 4.98. The molecule has 0 bridgehead atoms. The monoisotopic (exact) mass is 288 g/mol. The average molecular weight is 288 g/mol. The van der Waals surface area contributed by atoms with Crippen molar-refractivity contribution in [2.24, 2.45) is 0 Å². The summed E-state index contributed by atoms with van der Waals surface area (Å²) in [6.07, 6.45) is 0. The molecular formula is C15H14F2N4. The SMILES string of the molecule is Cc1cc(C)c2c(NCc3ccc(F)c(F)c3)n[nH]c2n1. The van der Waals surface area contributed by atoms with Crippen molar-refractivity contribution in [3.63, 3.8) is 0 Å². The maximum atomic E-state index is 13.2. The number of rotatable bonds is 3. The zero-order chi connectivity index (χ0) is 15.0. The number of H-pyrrole nitrogens is 1. The van der Waals surface area contributed by atoms with Gasteiger partial charge in [0.15, 0.2) is 23.1 Å². The summed E-state index contributed by atoms with van der Waals surface area (Å²) in [6, 6.07) is 5.80. The summed E-state index contributed by atoms with van der Waals surface area (Å²) in [7, 11) is 0. The third kappa shape index (κ3) is 2.56. The molecule has 0 aliphatic rings. The first-order valence-electron chi connectivity index (χ1n) is 6.54. The molecule has 0 aliphatic carbocycles. The van der Waals surface area contributed by atoms with Gasteiger partial charge in [-0.1, -0.05) is 6.07 Å². The van der Waals surface area contributed by atoms with Crippen LogP contribution in [0.1, 0.15) is 16.8 Å². The van der Waals surface area contributed by atoms with E-state index >= 15 is 0 Å². The quantitative estimate of drug-likeness (QED) is 0.776. The summed E-state index contributed by atoms with van der Waals surface area (Å²) in [5.41, 5.74) is 3.32. The molecule has 4 nitrogen and oxygen atoms in total. The molecule has 2 aromatic heterocycles. The Morgan fingerprint density at radius 2 is 1.95 bits per heavy atom. The van der Waals surface area contributed by atoms with Gasteiger partial charge in [-0.15, -0.1) is 0 Å². The fourth-order valence-electron chi connectivity index (χ4n) is 2.34. The normalized spacial score (nSPS) is 11.0. The Hall–Kier alpha value is -2.50. The summed E-state index contributed by atoms with van der Waals surface area (Å²) < 4.78 is 26.1. The summed E-state index contributed by atoms with van der Waals surface area (Å²) in [5.74, 6) is -1.05. The highest BCUT2D eigenvalue weighted by atomic mass is 19.2. The maximum absolute atomic E-state index is 13.2. The number of benzene rings is 1. The Bertz CT molecular complexity index is 811. The molecule has 3 rings (SSSR count). The van der Waals surface area contributed by atoms with Crippen molar-refractivity contribution in [1.29, 1.82) is 0 Å². The molecule has 0 fully saturated rings. The van der Waals surface area contributed by atoms with E-state index in [-0.39, 0.29) is 0 Å². The maximum Gasteiger partial charge on any atom is 0.159 e. The van der Waals surface area contributed by atoms with E-state index in [1.54, 1.807) is 0 Å². The highest BCUT2D eigenvalue weighted by Gasteiger charge is 2.10. The van der Waals surface area contributed by atoms with Gasteiger partial charge in [-0.3, -0.25) is 5.10 Å². The van der Waals surface area contributed by atoms with Gasteiger partial charge in [-0.05, 0) is 43.2 Å². The van der Waals surface area contributed by atoms with Gasteiger partial charge >= 0.3 is 0 Å². The molecular weight excluding hydrogens is 274 g/mol. The van der Waals surface area contributed by atoms with Crippen LogP contribution in [0.2, 0.25) is 0 Å². The molecule has 0 saturated carbocycles. The molecule has 3 aromatic rings. The number of nitrogens with zero attached hydrogens (tertiary/aromatic N) is 2. The van der Waals surface area contributed by atoms with Crippen molar-refractivity contribution in [3.8, 4) is 0 Å². The molecule has 2 N–H and O–H groups in total. The minimum atomic E-state index is -0.852. The standard InChI is InChI=1S/C15H14F2N4/c1-8-5-9(2)19-15-13(8)14(20-21-15)18-7-10-3-4-11(16)12(17)6-10/h3-6H,7H2,1-2H3,(H2,18,19,20,21). The number of nitrogens with one attached hydrogen (secondary N) is 2. The average Bonchev–Trinajstić information content (AvgIpc) is 2.83. The summed E-state index contributed by atoms with van der Waals surface area (Å²) in [5, 5.41) is 11.1. The van der Waals surface area contributed by atoms with E-state index < -0.39 is 11.6 Å². The molecule has 0 amide bonds. The van der Waals surface area contributed by atoms with Crippen molar-refractivity contribution >= 4 is 16.9 Å². The van der Waals surface area contributed by atoms with Gasteiger partial charge in [-0.2, -0.15) is 5.10 Å². The summed E-state index contributed by atoms with van der Waals surface area (Å²) >= 11 is 0. The lowest BCUT2D eigenvalue weighted by molar-refractivity contribution is 0.507. The van der Waals surface area contributed by atoms with E-state index in [1.807, 2.05) is 19.9 Å².